The van der Waals surface area contributed by atoms with Crippen LogP contribution in [0.1, 0.15) is 45.5 Å². The van der Waals surface area contributed by atoms with Crippen molar-refractivity contribution in [1.29, 1.82) is 0 Å². The molecule has 4 heteroatoms. The molecule has 108 valence electrons. The fraction of sp³-hybridized carbons (Fsp3) is 0.500. The zero-order valence-corrected chi connectivity index (χ0v) is 12.7. The maximum atomic E-state index is 12.4. The summed E-state index contributed by atoms with van der Waals surface area (Å²) in [4.78, 5) is 16.9. The highest BCUT2D eigenvalue weighted by atomic mass is 16.2. The van der Waals surface area contributed by atoms with Crippen LogP contribution in [0.2, 0.25) is 0 Å². The van der Waals surface area contributed by atoms with Gasteiger partial charge < -0.3 is 9.88 Å². The van der Waals surface area contributed by atoms with Crippen LogP contribution >= 0.6 is 0 Å². The lowest BCUT2D eigenvalue weighted by Gasteiger charge is -2.20. The summed E-state index contributed by atoms with van der Waals surface area (Å²) in [6, 6.07) is 7.93. The quantitative estimate of drug-likeness (QED) is 0.909. The van der Waals surface area contributed by atoms with Gasteiger partial charge in [-0.1, -0.05) is 26.0 Å². The van der Waals surface area contributed by atoms with E-state index in [0.29, 0.717) is 0 Å². The van der Waals surface area contributed by atoms with Gasteiger partial charge in [0.2, 0.25) is 5.91 Å². The van der Waals surface area contributed by atoms with Crippen LogP contribution in [0.15, 0.2) is 24.3 Å². The maximum Gasteiger partial charge on any atom is 0.243 e. The maximum absolute atomic E-state index is 12.4. The molecule has 20 heavy (non-hydrogen) atoms. The van der Waals surface area contributed by atoms with E-state index in [1.54, 1.807) is 0 Å². The molecule has 0 aliphatic heterocycles. The number of fused-ring (bicyclic) bond motifs is 1. The predicted octanol–water partition coefficient (Wildman–Crippen LogP) is 3.21. The highest BCUT2D eigenvalue weighted by molar-refractivity contribution is 5.84. The van der Waals surface area contributed by atoms with Gasteiger partial charge in [-0.05, 0) is 38.8 Å². The van der Waals surface area contributed by atoms with Crippen LogP contribution in [0, 0.1) is 6.92 Å². The van der Waals surface area contributed by atoms with Gasteiger partial charge in [-0.25, -0.2) is 4.98 Å². The van der Waals surface area contributed by atoms with Crippen LogP contribution in [0.3, 0.4) is 0 Å². The smallest absolute Gasteiger partial charge is 0.243 e. The third kappa shape index (κ3) is 2.69. The molecule has 1 unspecified atom stereocenters. The van der Waals surface area contributed by atoms with Crippen LogP contribution in [-0.2, 0) is 4.79 Å². The van der Waals surface area contributed by atoms with E-state index >= 15 is 0 Å². The summed E-state index contributed by atoms with van der Waals surface area (Å²) in [5.74, 6) is 0.934. The van der Waals surface area contributed by atoms with Crippen molar-refractivity contribution in [2.24, 2.45) is 0 Å². The van der Waals surface area contributed by atoms with Crippen LogP contribution in [0.5, 0.6) is 0 Å². The summed E-state index contributed by atoms with van der Waals surface area (Å²) in [6.45, 7) is 8.06. The largest absolute Gasteiger partial charge is 0.352 e. The highest BCUT2D eigenvalue weighted by Crippen LogP contribution is 2.21. The Morgan fingerprint density at radius 2 is 1.95 bits per heavy atom. The average molecular weight is 273 g/mol. The van der Waals surface area contributed by atoms with Crippen molar-refractivity contribution < 1.29 is 4.79 Å². The molecule has 0 saturated carbocycles. The number of aromatic nitrogens is 2. The number of aryl methyl sites for hydroxylation is 1. The van der Waals surface area contributed by atoms with E-state index in [9.17, 15) is 4.79 Å². The first kappa shape index (κ1) is 14.6. The lowest BCUT2D eigenvalue weighted by Crippen LogP contribution is -2.38. The van der Waals surface area contributed by atoms with Crippen LogP contribution in [0.25, 0.3) is 11.0 Å². The minimum Gasteiger partial charge on any atom is -0.352 e. The number of hydrogen-bond donors (Lipinski definition) is 1. The molecule has 1 atom stereocenters. The second kappa shape index (κ2) is 6.07. The van der Waals surface area contributed by atoms with Crippen molar-refractivity contribution in [3.05, 3.63) is 30.1 Å². The fourth-order valence-electron chi connectivity index (χ4n) is 2.59. The van der Waals surface area contributed by atoms with Gasteiger partial charge in [0.1, 0.15) is 11.9 Å². The van der Waals surface area contributed by atoms with Gasteiger partial charge in [0.05, 0.1) is 11.0 Å². The van der Waals surface area contributed by atoms with Gasteiger partial charge in [-0.2, -0.15) is 0 Å². The van der Waals surface area contributed by atoms with Crippen molar-refractivity contribution >= 4 is 16.9 Å². The Morgan fingerprint density at radius 3 is 2.60 bits per heavy atom. The molecule has 2 rings (SSSR count). The minimum atomic E-state index is -0.247. The molecule has 0 bridgehead atoms. The van der Waals surface area contributed by atoms with Crippen LogP contribution in [-0.4, -0.2) is 21.5 Å². The van der Waals surface area contributed by atoms with Gasteiger partial charge >= 0.3 is 0 Å². The highest BCUT2D eigenvalue weighted by Gasteiger charge is 2.21. The second-order valence-corrected chi connectivity index (χ2v) is 5.22. The van der Waals surface area contributed by atoms with E-state index in [2.05, 4.69) is 24.1 Å². The lowest BCUT2D eigenvalue weighted by molar-refractivity contribution is -0.124. The molecule has 4 nitrogen and oxygen atoms in total. The Kier molecular flexibility index (Phi) is 4.42. The summed E-state index contributed by atoms with van der Waals surface area (Å²) >= 11 is 0. The standard InChI is InChI=1S/C16H23N3O/c1-5-13(6-2)18-16(20)11(3)19-12(4)17-14-9-7-8-10-15(14)19/h7-11,13H,5-6H2,1-4H3,(H,18,20). The predicted molar refractivity (Wildman–Crippen MR) is 81.7 cm³/mol. The number of hydrogen-bond acceptors (Lipinski definition) is 2. The molecule has 1 N–H and O–H groups in total. The Balaban J connectivity index is 2.29. The molecular formula is C16H23N3O. The van der Waals surface area contributed by atoms with E-state index in [1.807, 2.05) is 42.7 Å². The third-order valence-electron chi connectivity index (χ3n) is 3.87. The van der Waals surface area contributed by atoms with E-state index < -0.39 is 0 Å². The molecule has 0 saturated heterocycles. The van der Waals surface area contributed by atoms with Crippen molar-refractivity contribution in [2.75, 3.05) is 0 Å². The first-order valence-electron chi connectivity index (χ1n) is 7.32. The number of nitrogens with one attached hydrogen (secondary N) is 1. The summed E-state index contributed by atoms with van der Waals surface area (Å²) in [5.41, 5.74) is 1.95. The number of rotatable bonds is 5. The molecule has 0 spiro atoms. The molecule has 1 aromatic heterocycles. The Bertz CT molecular complexity index is 599. The van der Waals surface area contributed by atoms with Crippen molar-refractivity contribution in [1.82, 2.24) is 14.9 Å². The molecule has 1 aromatic carbocycles. The van der Waals surface area contributed by atoms with Gasteiger partial charge in [-0.15, -0.1) is 0 Å². The summed E-state index contributed by atoms with van der Waals surface area (Å²) in [6.07, 6.45) is 1.91. The third-order valence-corrected chi connectivity index (χ3v) is 3.87. The molecule has 0 radical (unpaired) electrons. The number of imidazole rings is 1. The van der Waals surface area contributed by atoms with Gasteiger partial charge in [0.15, 0.2) is 0 Å². The first-order valence-corrected chi connectivity index (χ1v) is 7.32. The van der Waals surface area contributed by atoms with Gasteiger partial charge in [0, 0.05) is 6.04 Å². The van der Waals surface area contributed by atoms with Gasteiger partial charge in [0.25, 0.3) is 0 Å². The number of carbonyl (C=O) groups excluding carboxylic acids is 1. The zero-order valence-electron chi connectivity index (χ0n) is 12.7. The average Bonchev–Trinajstić information content (AvgIpc) is 2.79. The van der Waals surface area contributed by atoms with Crippen molar-refractivity contribution in [3.8, 4) is 0 Å². The topological polar surface area (TPSA) is 46.9 Å². The summed E-state index contributed by atoms with van der Waals surface area (Å²) in [5, 5.41) is 3.11. The molecule has 0 fully saturated rings. The molecule has 0 aliphatic carbocycles. The monoisotopic (exact) mass is 273 g/mol. The number of nitrogens with zero attached hydrogens (tertiary/aromatic N) is 2. The summed E-state index contributed by atoms with van der Waals surface area (Å²) < 4.78 is 2.01. The van der Waals surface area contributed by atoms with Crippen molar-refractivity contribution in [2.45, 2.75) is 52.6 Å². The number of para-hydroxylation sites is 2. The number of carbonyl (C=O) groups is 1. The summed E-state index contributed by atoms with van der Waals surface area (Å²) in [7, 11) is 0. The lowest BCUT2D eigenvalue weighted by atomic mass is 10.1. The zero-order chi connectivity index (χ0) is 14.7. The second-order valence-electron chi connectivity index (χ2n) is 5.22. The number of amides is 1. The molecule has 1 amide bonds. The Hall–Kier alpha value is -1.84. The SMILES string of the molecule is CCC(CC)NC(=O)C(C)n1c(C)nc2ccccc21. The Labute approximate surface area is 120 Å². The minimum absolute atomic E-state index is 0.0601. The van der Waals surface area contributed by atoms with E-state index in [1.165, 1.54) is 0 Å². The van der Waals surface area contributed by atoms with E-state index in [0.717, 1.165) is 29.7 Å². The van der Waals surface area contributed by atoms with Gasteiger partial charge in [-0.3, -0.25) is 4.79 Å². The molecule has 2 aromatic rings. The van der Waals surface area contributed by atoms with Crippen LogP contribution < -0.4 is 5.32 Å². The normalized spacial score (nSPS) is 12.8. The van der Waals surface area contributed by atoms with Crippen molar-refractivity contribution in [3.63, 3.8) is 0 Å². The van der Waals surface area contributed by atoms with Crippen LogP contribution in [0.4, 0.5) is 0 Å². The molecular weight excluding hydrogens is 250 g/mol. The van der Waals surface area contributed by atoms with E-state index in [-0.39, 0.29) is 18.0 Å². The molecule has 1 heterocycles. The van der Waals surface area contributed by atoms with E-state index in [4.69, 9.17) is 0 Å². The number of benzene rings is 1. The fourth-order valence-corrected chi connectivity index (χ4v) is 2.59. The molecule has 0 aliphatic rings. The Morgan fingerprint density at radius 1 is 1.30 bits per heavy atom. The first-order chi connectivity index (χ1) is 9.58.